The Bertz CT molecular complexity index is 260. The van der Waals surface area contributed by atoms with Crippen molar-refractivity contribution in [2.75, 3.05) is 0 Å². The van der Waals surface area contributed by atoms with E-state index in [-0.39, 0.29) is 109 Å². The fourth-order valence-electron chi connectivity index (χ4n) is 0. The monoisotopic (exact) mass is 606 g/mol. The maximum Gasteiger partial charge on any atom is 2.00 e. The van der Waals surface area contributed by atoms with Crippen molar-refractivity contribution in [1.82, 2.24) is 0 Å². The van der Waals surface area contributed by atoms with Gasteiger partial charge < -0.3 is 69.3 Å². The van der Waals surface area contributed by atoms with Gasteiger partial charge in [-0.1, -0.05) is 0 Å². The molecular formula is H25Al2ClMg2O19Si5. The van der Waals surface area contributed by atoms with Gasteiger partial charge in [-0.05, 0) is 0 Å². The van der Waals surface area contributed by atoms with Crippen molar-refractivity contribution >= 4 is 127 Å². The molecule has 0 aromatic carbocycles. The van der Waals surface area contributed by atoms with E-state index >= 15 is 0 Å². The van der Waals surface area contributed by atoms with Crippen LogP contribution in [0.4, 0.5) is 0 Å². The molecule has 0 aromatic rings. The van der Waals surface area contributed by atoms with Crippen molar-refractivity contribution in [3.8, 4) is 0 Å². The first-order chi connectivity index (χ1) is 10.1. The molecule has 29 heteroatoms. The van der Waals surface area contributed by atoms with Crippen LogP contribution in [-0.4, -0.2) is 190 Å². The Hall–Kier alpha value is 0.812. The van der Waals surface area contributed by atoms with Crippen LogP contribution < -0.4 is 4.66 Å². The predicted octanol–water partition coefficient (Wildman–Crippen LogP) is -14.1. The fourth-order valence-corrected chi connectivity index (χ4v) is 0. The first kappa shape index (κ1) is 78.0. The summed E-state index contributed by atoms with van der Waals surface area (Å²) in [6.45, 7) is 0. The smallest absolute Gasteiger partial charge is 1.00 e. The number of halogens is 1. The van der Waals surface area contributed by atoms with Crippen LogP contribution in [0, 0.1) is 11.3 Å². The summed E-state index contributed by atoms with van der Waals surface area (Å²) < 4.78 is 58.9. The van der Waals surface area contributed by atoms with Crippen molar-refractivity contribution in [1.29, 1.82) is 0 Å². The molecule has 0 amide bonds. The summed E-state index contributed by atoms with van der Waals surface area (Å²) in [6.07, 6.45) is 0. The normalized spacial score (nSPS) is 4.76. The number of rotatable bonds is 0. The van der Waals surface area contributed by atoms with Crippen LogP contribution in [0.25, 0.3) is 0 Å². The molecule has 176 valence electrons. The van der Waals surface area contributed by atoms with Gasteiger partial charge in [-0.2, -0.15) is 0 Å². The molecule has 0 saturated heterocycles. The van der Waals surface area contributed by atoms with E-state index in [2.05, 4.69) is 0 Å². The molecule has 0 heterocycles. The van der Waals surface area contributed by atoms with Crippen LogP contribution in [0.1, 0.15) is 5.71 Å². The summed E-state index contributed by atoms with van der Waals surface area (Å²) >= 11 is -0.167. The maximum atomic E-state index is 8.74. The van der Waals surface area contributed by atoms with Gasteiger partial charge in [0, 0.05) is 0 Å². The minimum absolute atomic E-state index is 0. The summed E-state index contributed by atoms with van der Waals surface area (Å²) in [5.74, 6) is 0. The van der Waals surface area contributed by atoms with Crippen LogP contribution >= 0.6 is 0 Å². The molecule has 0 aliphatic rings. The van der Waals surface area contributed by atoms with Crippen LogP contribution in [-0.2, 0) is 22.3 Å². The summed E-state index contributed by atoms with van der Waals surface area (Å²) in [5, 5.41) is 0. The summed E-state index contributed by atoms with van der Waals surface area (Å²) in [4.78, 5) is 71.6. The third-order valence-corrected chi connectivity index (χ3v) is 0. The molecule has 0 radical (unpaired) electrons. The molecule has 29 heavy (non-hydrogen) atoms. The maximum absolute atomic E-state index is 8.74. The number of hydrogen-bond acceptors (Lipinski definition) is 7. The van der Waals surface area contributed by atoms with Gasteiger partial charge in [-0.3, -0.25) is 22.3 Å². The van der Waals surface area contributed by atoms with Crippen molar-refractivity contribution in [3.05, 3.63) is 0 Å². The third-order valence-electron chi connectivity index (χ3n) is 0. The molecular weight excluding hydrogens is 582 g/mol. The first-order valence-corrected chi connectivity index (χ1v) is 10.7. The third kappa shape index (κ3) is 31400. The van der Waals surface area contributed by atoms with Gasteiger partial charge in [-0.25, -0.2) is 0 Å². The van der Waals surface area contributed by atoms with Gasteiger partial charge in [0.25, 0.3) is 0 Å². The predicted molar refractivity (Wildman–Crippen MR) is 99.7 cm³/mol. The SMILES string of the molecule is O.O.O=[Si](O)O.O=[Si](O)O.O=[Si](O)O.O=[Si](O)O.O=[Si](O)O.[AlH3].[AlH3].[H-].[H-].[H-].[H-].[Mg+2].[Mg+2].[O-][Cl+]O. The number of hydrogen-bond donors (Lipinski definition) is 11. The second-order valence-electron chi connectivity index (χ2n) is 1.48. The summed E-state index contributed by atoms with van der Waals surface area (Å²) in [7, 11) is -15.6. The van der Waals surface area contributed by atoms with E-state index in [1.54, 1.807) is 0 Å². The molecule has 0 aromatic heterocycles. The molecule has 0 aliphatic carbocycles. The summed E-state index contributed by atoms with van der Waals surface area (Å²) in [6, 6.07) is 0. The Morgan fingerprint density at radius 2 is 0.517 bits per heavy atom. The fraction of sp³-hybridized carbons (Fsp3) is 0. The average Bonchev–Trinajstić information content (AvgIpc) is 2.11. The molecule has 0 spiro atoms. The standard InChI is InChI=1S/2Al.ClHO2.2Mg.5H2O3Si.2H2O.10H/c;;2-1-3;;;5*1-4(2)3;;;;;;;;;;;;/h;;2H;;;5*1-2H;2*1H2;;;;;;;;;;/q;;;2*+2;;;;;;;;;;;;;;4*-1. The van der Waals surface area contributed by atoms with Crippen molar-refractivity contribution < 1.29 is 108 Å². The van der Waals surface area contributed by atoms with Gasteiger partial charge in [-0.15, -0.1) is 4.66 Å². The van der Waals surface area contributed by atoms with Gasteiger partial charge in [0.15, 0.2) is 34.7 Å². The molecule has 0 fully saturated rings. The molecule has 19 nitrogen and oxygen atoms in total. The van der Waals surface area contributed by atoms with E-state index in [1.807, 2.05) is 0 Å². The van der Waals surface area contributed by atoms with Gasteiger partial charge in [0.05, 0.1) is 0 Å². The van der Waals surface area contributed by atoms with Crippen molar-refractivity contribution in [3.63, 3.8) is 0 Å². The van der Waals surface area contributed by atoms with E-state index in [0.29, 0.717) is 0 Å². The zero-order chi connectivity index (χ0) is 20.6. The van der Waals surface area contributed by atoms with Crippen LogP contribution in [0.15, 0.2) is 0 Å². The summed E-state index contributed by atoms with van der Waals surface area (Å²) in [5.41, 5.74) is 0. The molecule has 0 saturated carbocycles. The van der Waals surface area contributed by atoms with E-state index in [0.717, 1.165) is 0 Å². The van der Waals surface area contributed by atoms with Crippen LogP contribution in [0.2, 0.25) is 0 Å². The van der Waals surface area contributed by atoms with Crippen molar-refractivity contribution in [2.45, 2.75) is 0 Å². The van der Waals surface area contributed by atoms with Crippen LogP contribution in [0.5, 0.6) is 0 Å². The Balaban J connectivity index is -0.00000000709. The topological polar surface area (TPSA) is 394 Å². The molecule has 0 aliphatic heterocycles. The Morgan fingerprint density at radius 3 is 0.517 bits per heavy atom. The van der Waals surface area contributed by atoms with E-state index in [9.17, 15) is 0 Å². The molecule has 15 N–H and O–H groups in total. The van der Waals surface area contributed by atoms with E-state index < -0.39 is 45.9 Å². The molecule has 0 bridgehead atoms. The molecule has 0 rings (SSSR count). The Morgan fingerprint density at radius 1 is 0.517 bits per heavy atom. The second kappa shape index (κ2) is 78.8. The largest absolute Gasteiger partial charge is 2.00 e. The van der Waals surface area contributed by atoms with Gasteiger partial charge in [0.1, 0.15) is 0 Å². The van der Waals surface area contributed by atoms with E-state index in [1.165, 1.54) is 0 Å². The zero-order valence-electron chi connectivity index (χ0n) is 16.7. The Kier molecular flexibility index (Phi) is 212. The van der Waals surface area contributed by atoms with E-state index in [4.69, 9.17) is 79.6 Å². The zero-order valence-corrected chi connectivity index (χ0v) is 21.2. The minimum atomic E-state index is -3.13. The first-order valence-electron chi connectivity index (χ1n) is 3.58. The molecule has 0 unspecified atom stereocenters. The average molecular weight is 608 g/mol. The minimum Gasteiger partial charge on any atom is -1.00 e. The molecule has 0 atom stereocenters. The van der Waals surface area contributed by atoms with Crippen LogP contribution in [0.3, 0.4) is 0 Å². The van der Waals surface area contributed by atoms with Gasteiger partial charge >= 0.3 is 103 Å². The Labute approximate surface area is 232 Å². The second-order valence-corrected chi connectivity index (χ2v) is 4.45. The van der Waals surface area contributed by atoms with Crippen molar-refractivity contribution in [2.24, 2.45) is 0 Å². The van der Waals surface area contributed by atoms with Gasteiger partial charge in [0.2, 0.25) is 0 Å². The quantitative estimate of drug-likeness (QED) is 0.114.